The molecule has 2 rings (SSSR count). The average molecular weight is 250 g/mol. The third kappa shape index (κ3) is 2.78. The average Bonchev–Trinajstić information content (AvgIpc) is 3.08. The number of esters is 1. The van der Waals surface area contributed by atoms with Gasteiger partial charge in [-0.25, -0.2) is 4.79 Å². The minimum atomic E-state index is -0.417. The third-order valence-corrected chi connectivity index (χ3v) is 3.34. The summed E-state index contributed by atoms with van der Waals surface area (Å²) in [6.07, 6.45) is 2.36. The van der Waals surface area contributed by atoms with Gasteiger partial charge >= 0.3 is 5.97 Å². The van der Waals surface area contributed by atoms with Crippen LogP contribution in [0.25, 0.3) is 0 Å². The van der Waals surface area contributed by atoms with Crippen LogP contribution in [0.3, 0.4) is 0 Å². The van der Waals surface area contributed by atoms with Crippen LogP contribution in [-0.2, 0) is 4.74 Å². The molecule has 3 nitrogen and oxygen atoms in total. The van der Waals surface area contributed by atoms with E-state index >= 15 is 0 Å². The van der Waals surface area contributed by atoms with Crippen LogP contribution < -0.4 is 0 Å². The van der Waals surface area contributed by atoms with Crippen LogP contribution in [-0.4, -0.2) is 12.6 Å². The minimum absolute atomic E-state index is 0.0916. The van der Waals surface area contributed by atoms with Crippen molar-refractivity contribution in [3.05, 3.63) is 34.9 Å². The van der Waals surface area contributed by atoms with Crippen LogP contribution in [0.15, 0.2) is 24.3 Å². The Kier molecular flexibility index (Phi) is 3.35. The number of carbonyl (C=O) groups excluding carboxylic acids is 1. The zero-order valence-electron chi connectivity index (χ0n) is 9.28. The van der Waals surface area contributed by atoms with E-state index in [1.807, 2.05) is 0 Å². The minimum Gasteiger partial charge on any atom is -0.461 e. The van der Waals surface area contributed by atoms with Gasteiger partial charge < -0.3 is 4.74 Å². The molecule has 0 amide bonds. The highest BCUT2D eigenvalue weighted by atomic mass is 35.5. The summed E-state index contributed by atoms with van der Waals surface area (Å²) in [4.78, 5) is 11.8. The number of ether oxygens (including phenoxy) is 1. The van der Waals surface area contributed by atoms with Crippen LogP contribution in [0.5, 0.6) is 0 Å². The highest BCUT2D eigenvalue weighted by molar-refractivity contribution is 6.33. The molecule has 1 aromatic rings. The van der Waals surface area contributed by atoms with Crippen molar-refractivity contribution in [2.45, 2.75) is 19.3 Å². The van der Waals surface area contributed by atoms with E-state index in [0.717, 1.165) is 12.8 Å². The lowest BCUT2D eigenvalue weighted by atomic mass is 10.1. The molecule has 17 heavy (non-hydrogen) atoms. The van der Waals surface area contributed by atoms with Crippen molar-refractivity contribution in [3.63, 3.8) is 0 Å². The number of nitriles is 1. The molecule has 0 unspecified atom stereocenters. The third-order valence-electron chi connectivity index (χ3n) is 3.01. The standard InChI is InChI=1S/C13H12ClNO2/c14-11-4-2-1-3-10(11)12(16)17-9-13(5-6-13)7-8-15/h1-4H,5-7,9H2. The number of rotatable bonds is 4. The summed E-state index contributed by atoms with van der Waals surface area (Å²) in [5, 5.41) is 9.05. The number of benzene rings is 1. The summed E-state index contributed by atoms with van der Waals surface area (Å²) in [6.45, 7) is 0.310. The van der Waals surface area contributed by atoms with Gasteiger partial charge in [0.1, 0.15) is 0 Å². The summed E-state index contributed by atoms with van der Waals surface area (Å²) < 4.78 is 5.21. The maximum absolute atomic E-state index is 11.8. The topological polar surface area (TPSA) is 50.1 Å². The normalized spacial score (nSPS) is 16.0. The van der Waals surface area contributed by atoms with E-state index < -0.39 is 5.97 Å². The molecule has 1 fully saturated rings. The lowest BCUT2D eigenvalue weighted by molar-refractivity contribution is 0.0419. The fraction of sp³-hybridized carbons (Fsp3) is 0.385. The Morgan fingerprint density at radius 3 is 2.76 bits per heavy atom. The summed E-state index contributed by atoms with van der Waals surface area (Å²) >= 11 is 5.89. The van der Waals surface area contributed by atoms with E-state index in [4.69, 9.17) is 21.6 Å². The summed E-state index contributed by atoms with van der Waals surface area (Å²) in [7, 11) is 0. The first-order chi connectivity index (χ1) is 8.17. The molecule has 1 saturated carbocycles. The molecule has 0 radical (unpaired) electrons. The lowest BCUT2D eigenvalue weighted by Crippen LogP contribution is -2.15. The van der Waals surface area contributed by atoms with Crippen LogP contribution >= 0.6 is 11.6 Å². The zero-order valence-corrected chi connectivity index (χ0v) is 10.0. The second-order valence-electron chi connectivity index (χ2n) is 4.39. The highest BCUT2D eigenvalue weighted by Crippen LogP contribution is 2.48. The van der Waals surface area contributed by atoms with Crippen molar-refractivity contribution in [2.75, 3.05) is 6.61 Å². The molecule has 0 N–H and O–H groups in total. The van der Waals surface area contributed by atoms with Crippen molar-refractivity contribution in [2.24, 2.45) is 5.41 Å². The van der Waals surface area contributed by atoms with Gasteiger partial charge in [-0.2, -0.15) is 5.26 Å². The first-order valence-corrected chi connectivity index (χ1v) is 5.83. The molecule has 0 spiro atoms. The molecule has 88 valence electrons. The molecule has 0 atom stereocenters. The summed E-state index contributed by atoms with van der Waals surface area (Å²) in [5.74, 6) is -0.417. The van der Waals surface area contributed by atoms with Gasteiger partial charge in [0, 0.05) is 11.8 Å². The van der Waals surface area contributed by atoms with Gasteiger partial charge in [-0.1, -0.05) is 23.7 Å². The zero-order chi connectivity index (χ0) is 12.3. The predicted octanol–water partition coefficient (Wildman–Crippen LogP) is 3.19. The molecule has 0 heterocycles. The number of hydrogen-bond donors (Lipinski definition) is 0. The Morgan fingerprint density at radius 1 is 1.47 bits per heavy atom. The maximum atomic E-state index is 11.8. The van der Waals surface area contributed by atoms with Gasteiger partial charge in [0.2, 0.25) is 0 Å². The van der Waals surface area contributed by atoms with Crippen LogP contribution in [0.1, 0.15) is 29.6 Å². The SMILES string of the molecule is N#CCC1(COC(=O)c2ccccc2Cl)CC1. The quantitative estimate of drug-likeness (QED) is 0.770. The molecule has 4 heteroatoms. The van der Waals surface area contributed by atoms with Crippen molar-refractivity contribution in [3.8, 4) is 6.07 Å². The van der Waals surface area contributed by atoms with E-state index in [-0.39, 0.29) is 5.41 Å². The summed E-state index contributed by atoms with van der Waals surface area (Å²) in [6, 6.07) is 8.92. The Labute approximate surface area is 105 Å². The molecular weight excluding hydrogens is 238 g/mol. The second-order valence-corrected chi connectivity index (χ2v) is 4.80. The van der Waals surface area contributed by atoms with E-state index in [0.29, 0.717) is 23.6 Å². The van der Waals surface area contributed by atoms with Gasteiger partial charge in [-0.05, 0) is 25.0 Å². The van der Waals surface area contributed by atoms with Gasteiger partial charge in [-0.15, -0.1) is 0 Å². The van der Waals surface area contributed by atoms with E-state index in [2.05, 4.69) is 6.07 Å². The fourth-order valence-corrected chi connectivity index (χ4v) is 1.85. The van der Waals surface area contributed by atoms with Crippen LogP contribution in [0, 0.1) is 16.7 Å². The molecule has 0 aromatic heterocycles. The first-order valence-electron chi connectivity index (χ1n) is 5.45. The predicted molar refractivity (Wildman–Crippen MR) is 63.6 cm³/mol. The molecule has 0 aliphatic heterocycles. The van der Waals surface area contributed by atoms with Gasteiger partial charge in [0.15, 0.2) is 0 Å². The monoisotopic (exact) mass is 249 g/mol. The first kappa shape index (κ1) is 11.9. The molecule has 1 aliphatic carbocycles. The van der Waals surface area contributed by atoms with Gasteiger partial charge in [0.25, 0.3) is 0 Å². The van der Waals surface area contributed by atoms with E-state index in [1.54, 1.807) is 24.3 Å². The van der Waals surface area contributed by atoms with Crippen molar-refractivity contribution < 1.29 is 9.53 Å². The van der Waals surface area contributed by atoms with E-state index in [1.165, 1.54) is 0 Å². The van der Waals surface area contributed by atoms with Crippen molar-refractivity contribution in [1.82, 2.24) is 0 Å². The largest absolute Gasteiger partial charge is 0.461 e. The van der Waals surface area contributed by atoms with Gasteiger partial charge in [0.05, 0.1) is 23.3 Å². The second kappa shape index (κ2) is 4.77. The van der Waals surface area contributed by atoms with Crippen molar-refractivity contribution in [1.29, 1.82) is 5.26 Å². The number of carbonyl (C=O) groups is 1. The Balaban J connectivity index is 1.95. The molecule has 0 bridgehead atoms. The van der Waals surface area contributed by atoms with Crippen LogP contribution in [0.2, 0.25) is 5.02 Å². The lowest BCUT2D eigenvalue weighted by Gasteiger charge is -2.11. The Bertz CT molecular complexity index is 475. The Hall–Kier alpha value is -1.53. The summed E-state index contributed by atoms with van der Waals surface area (Å²) in [5.41, 5.74) is 0.285. The molecule has 1 aliphatic rings. The number of hydrogen-bond acceptors (Lipinski definition) is 3. The van der Waals surface area contributed by atoms with Crippen LogP contribution in [0.4, 0.5) is 0 Å². The molecule has 0 saturated heterocycles. The fourth-order valence-electron chi connectivity index (χ4n) is 1.64. The van der Waals surface area contributed by atoms with Gasteiger partial charge in [-0.3, -0.25) is 0 Å². The molecular formula is C13H12ClNO2. The highest BCUT2D eigenvalue weighted by Gasteiger charge is 2.43. The maximum Gasteiger partial charge on any atom is 0.339 e. The molecule has 1 aromatic carbocycles. The number of halogens is 1. The van der Waals surface area contributed by atoms with E-state index in [9.17, 15) is 4.79 Å². The Morgan fingerprint density at radius 2 is 2.18 bits per heavy atom. The smallest absolute Gasteiger partial charge is 0.339 e. The van der Waals surface area contributed by atoms with Crippen molar-refractivity contribution >= 4 is 17.6 Å². The number of nitrogens with zero attached hydrogens (tertiary/aromatic N) is 1.